The number of nitrogens with one attached hydrogen (secondary N) is 2. The quantitative estimate of drug-likeness (QED) is 0.439. The van der Waals surface area contributed by atoms with E-state index in [1.54, 1.807) is 12.1 Å². The fourth-order valence-electron chi connectivity index (χ4n) is 4.31. The SMILES string of the molecule is OCCOc1cc2ncnc(Nc3ccc(Cl)c(Cl)c3F)c2cc1OC1[C@@H]2CNC[C@H]1C2. The number of aliphatic hydroxyl groups excluding tert-OH is 1. The molecule has 3 aromatic rings. The maximum absolute atomic E-state index is 14.6. The van der Waals surface area contributed by atoms with E-state index >= 15 is 0 Å². The van der Waals surface area contributed by atoms with Gasteiger partial charge in [0.1, 0.15) is 24.9 Å². The summed E-state index contributed by atoms with van der Waals surface area (Å²) in [4.78, 5) is 8.61. The van der Waals surface area contributed by atoms with Crippen molar-refractivity contribution in [2.45, 2.75) is 12.5 Å². The first-order valence-corrected chi connectivity index (χ1v) is 11.1. The molecule has 3 N–H and O–H groups in total. The Morgan fingerprint density at radius 1 is 1.16 bits per heavy atom. The summed E-state index contributed by atoms with van der Waals surface area (Å²) in [6.07, 6.45) is 2.61. The Morgan fingerprint density at radius 2 is 1.97 bits per heavy atom. The first-order valence-electron chi connectivity index (χ1n) is 10.4. The summed E-state index contributed by atoms with van der Waals surface area (Å²) < 4.78 is 26.7. The molecule has 32 heavy (non-hydrogen) atoms. The second kappa shape index (κ2) is 8.86. The number of hydrogen-bond donors (Lipinski definition) is 3. The predicted molar refractivity (Wildman–Crippen MR) is 121 cm³/mol. The van der Waals surface area contributed by atoms with Crippen LogP contribution in [0.4, 0.5) is 15.9 Å². The molecular weight excluding hydrogens is 458 g/mol. The number of halogens is 3. The van der Waals surface area contributed by atoms with Crippen LogP contribution in [0.3, 0.4) is 0 Å². The Kier molecular flexibility index (Phi) is 5.94. The Morgan fingerprint density at radius 3 is 2.72 bits per heavy atom. The monoisotopic (exact) mass is 478 g/mol. The van der Waals surface area contributed by atoms with Crippen molar-refractivity contribution < 1.29 is 19.0 Å². The van der Waals surface area contributed by atoms with E-state index in [0.717, 1.165) is 19.5 Å². The van der Waals surface area contributed by atoms with Gasteiger partial charge in [-0.15, -0.1) is 0 Å². The summed E-state index contributed by atoms with van der Waals surface area (Å²) in [5, 5.41) is 16.2. The molecule has 2 bridgehead atoms. The van der Waals surface area contributed by atoms with Crippen LogP contribution in [-0.4, -0.2) is 47.5 Å². The highest BCUT2D eigenvalue weighted by Gasteiger charge is 2.45. The molecule has 2 heterocycles. The van der Waals surface area contributed by atoms with Gasteiger partial charge in [0.25, 0.3) is 0 Å². The van der Waals surface area contributed by atoms with Crippen molar-refractivity contribution in [2.75, 3.05) is 31.6 Å². The molecule has 168 valence electrons. The molecule has 0 amide bonds. The number of fused-ring (bicyclic) bond motifs is 3. The first kappa shape index (κ1) is 21.5. The summed E-state index contributed by atoms with van der Waals surface area (Å²) in [6.45, 7) is 1.86. The zero-order valence-corrected chi connectivity index (χ0v) is 18.5. The molecule has 1 saturated heterocycles. The highest BCUT2D eigenvalue weighted by molar-refractivity contribution is 6.42. The Hall–Kier alpha value is -2.39. The average Bonchev–Trinajstić information content (AvgIpc) is 2.82. The van der Waals surface area contributed by atoms with Crippen molar-refractivity contribution in [3.8, 4) is 11.5 Å². The lowest BCUT2D eigenvalue weighted by Crippen LogP contribution is -2.59. The van der Waals surface area contributed by atoms with Gasteiger partial charge in [0.2, 0.25) is 0 Å². The van der Waals surface area contributed by atoms with Crippen LogP contribution in [0.15, 0.2) is 30.6 Å². The van der Waals surface area contributed by atoms with E-state index in [1.165, 1.54) is 18.5 Å². The maximum atomic E-state index is 14.6. The molecule has 7 nitrogen and oxygen atoms in total. The summed E-state index contributed by atoms with van der Waals surface area (Å²) >= 11 is 11.8. The minimum absolute atomic E-state index is 0.0960. The van der Waals surface area contributed by atoms with Gasteiger partial charge < -0.3 is 25.2 Å². The van der Waals surface area contributed by atoms with Gasteiger partial charge in [0, 0.05) is 36.4 Å². The Bertz CT molecular complexity index is 1150. The highest BCUT2D eigenvalue weighted by Crippen LogP contribution is 2.43. The van der Waals surface area contributed by atoms with E-state index in [4.69, 9.17) is 32.7 Å². The number of hydrogen-bond acceptors (Lipinski definition) is 7. The molecule has 1 aliphatic carbocycles. The Labute approximate surface area is 193 Å². The smallest absolute Gasteiger partial charge is 0.166 e. The van der Waals surface area contributed by atoms with E-state index in [9.17, 15) is 9.50 Å². The molecule has 1 unspecified atom stereocenters. The van der Waals surface area contributed by atoms with Gasteiger partial charge in [-0.2, -0.15) is 0 Å². The van der Waals surface area contributed by atoms with Crippen LogP contribution < -0.4 is 20.1 Å². The van der Waals surface area contributed by atoms with Crippen molar-refractivity contribution >= 4 is 45.6 Å². The van der Waals surface area contributed by atoms with E-state index in [0.29, 0.717) is 40.1 Å². The number of benzene rings is 2. The van der Waals surface area contributed by atoms with Crippen LogP contribution in [-0.2, 0) is 0 Å². The molecule has 0 spiro atoms. The van der Waals surface area contributed by atoms with Gasteiger partial charge in [-0.3, -0.25) is 0 Å². The fraction of sp³-hybridized carbons (Fsp3) is 0.364. The van der Waals surface area contributed by atoms with Crippen LogP contribution in [0.1, 0.15) is 6.42 Å². The molecule has 3 atom stereocenters. The molecule has 1 aromatic heterocycles. The molecule has 10 heteroatoms. The molecule has 5 rings (SSSR count). The number of piperidine rings is 2. The van der Waals surface area contributed by atoms with Gasteiger partial charge >= 0.3 is 0 Å². The van der Waals surface area contributed by atoms with Crippen LogP contribution >= 0.6 is 23.2 Å². The van der Waals surface area contributed by atoms with Crippen LogP contribution in [0.25, 0.3) is 10.9 Å². The lowest BCUT2D eigenvalue weighted by Gasteiger charge is -2.49. The van der Waals surface area contributed by atoms with E-state index in [2.05, 4.69) is 20.6 Å². The molecule has 2 fully saturated rings. The van der Waals surface area contributed by atoms with Gasteiger partial charge in [-0.05, 0) is 24.6 Å². The molecular formula is C22H21Cl2FN4O3. The van der Waals surface area contributed by atoms with Crippen molar-refractivity contribution in [3.05, 3.63) is 46.5 Å². The molecule has 2 aliphatic rings. The highest BCUT2D eigenvalue weighted by atomic mass is 35.5. The van der Waals surface area contributed by atoms with Gasteiger partial charge in [-0.1, -0.05) is 23.2 Å². The molecule has 1 saturated carbocycles. The Balaban J connectivity index is 1.52. The van der Waals surface area contributed by atoms with E-state index in [1.807, 2.05) is 0 Å². The zero-order chi connectivity index (χ0) is 22.2. The summed E-state index contributed by atoms with van der Waals surface area (Å²) in [6, 6.07) is 6.54. The summed E-state index contributed by atoms with van der Waals surface area (Å²) in [7, 11) is 0. The number of ether oxygens (including phenoxy) is 2. The van der Waals surface area contributed by atoms with Crippen molar-refractivity contribution in [1.29, 1.82) is 0 Å². The maximum Gasteiger partial charge on any atom is 0.166 e. The summed E-state index contributed by atoms with van der Waals surface area (Å²) in [5.74, 6) is 1.66. The van der Waals surface area contributed by atoms with E-state index < -0.39 is 5.82 Å². The minimum Gasteiger partial charge on any atom is -0.487 e. The number of aliphatic hydroxyl groups is 1. The van der Waals surface area contributed by atoms with Crippen LogP contribution in [0.5, 0.6) is 11.5 Å². The second-order valence-electron chi connectivity index (χ2n) is 7.95. The molecule has 2 aromatic carbocycles. The molecule has 0 radical (unpaired) electrons. The van der Waals surface area contributed by atoms with E-state index in [-0.39, 0.29) is 35.1 Å². The third kappa shape index (κ3) is 3.92. The third-order valence-electron chi connectivity index (χ3n) is 5.95. The first-order chi connectivity index (χ1) is 15.5. The van der Waals surface area contributed by atoms with Crippen molar-refractivity contribution in [2.24, 2.45) is 11.8 Å². The predicted octanol–water partition coefficient (Wildman–Crippen LogP) is 4.18. The number of anilines is 2. The lowest BCUT2D eigenvalue weighted by molar-refractivity contribution is -0.0459. The fourth-order valence-corrected chi connectivity index (χ4v) is 4.62. The van der Waals surface area contributed by atoms with Gasteiger partial charge in [-0.25, -0.2) is 14.4 Å². The minimum atomic E-state index is -0.667. The normalized spacial score (nSPS) is 21.8. The van der Waals surface area contributed by atoms with Crippen molar-refractivity contribution in [3.63, 3.8) is 0 Å². The standard InChI is InChI=1S/C22H21Cl2FN4O3/c23-14-1-2-15(20(25)19(14)24)29-22-13-6-18(32-21-11-5-12(21)9-26-8-11)17(31-4-3-30)7-16(13)27-10-28-22/h1-2,6-7,10-12,21,26,30H,3-5,8-9H2,(H,27,28,29)/t11-,12+,21?. The number of aromatic nitrogens is 2. The second-order valence-corrected chi connectivity index (χ2v) is 8.74. The lowest BCUT2D eigenvalue weighted by atomic mass is 9.69. The van der Waals surface area contributed by atoms with Crippen molar-refractivity contribution in [1.82, 2.24) is 15.3 Å². The van der Waals surface area contributed by atoms with Crippen LogP contribution in [0, 0.1) is 17.7 Å². The largest absolute Gasteiger partial charge is 0.487 e. The number of rotatable bonds is 7. The van der Waals surface area contributed by atoms with Gasteiger partial charge in [0.05, 0.1) is 27.9 Å². The number of nitrogens with zero attached hydrogens (tertiary/aromatic N) is 2. The average molecular weight is 479 g/mol. The van der Waals surface area contributed by atoms with Gasteiger partial charge in [0.15, 0.2) is 17.3 Å². The zero-order valence-electron chi connectivity index (χ0n) is 16.9. The topological polar surface area (TPSA) is 88.5 Å². The molecule has 1 aliphatic heterocycles. The van der Waals surface area contributed by atoms with Crippen LogP contribution in [0.2, 0.25) is 10.0 Å². The summed E-state index contributed by atoms with van der Waals surface area (Å²) in [5.41, 5.74) is 0.723. The third-order valence-corrected chi connectivity index (χ3v) is 6.73.